The summed E-state index contributed by atoms with van der Waals surface area (Å²) in [5.41, 5.74) is 3.05. The highest BCUT2D eigenvalue weighted by Crippen LogP contribution is 2.28. The molecule has 0 aliphatic carbocycles. The van der Waals surface area contributed by atoms with Gasteiger partial charge < -0.3 is 14.6 Å². The summed E-state index contributed by atoms with van der Waals surface area (Å²) in [7, 11) is 0. The zero-order valence-corrected chi connectivity index (χ0v) is 17.4. The summed E-state index contributed by atoms with van der Waals surface area (Å²) in [5.74, 6) is 0.701. The Morgan fingerprint density at radius 2 is 1.77 bits per heavy atom. The normalized spacial score (nSPS) is 10.9. The summed E-state index contributed by atoms with van der Waals surface area (Å²) >= 11 is 0. The van der Waals surface area contributed by atoms with Crippen molar-refractivity contribution in [2.24, 2.45) is 0 Å². The Morgan fingerprint density at radius 1 is 1.06 bits per heavy atom. The highest BCUT2D eigenvalue weighted by molar-refractivity contribution is 6.01. The van der Waals surface area contributed by atoms with Gasteiger partial charge in [0.05, 0.1) is 16.8 Å². The predicted octanol–water partition coefficient (Wildman–Crippen LogP) is 5.14. The van der Waals surface area contributed by atoms with E-state index < -0.39 is 0 Å². The average molecular weight is 418 g/mol. The number of nitrogens with one attached hydrogen (secondary N) is 1. The van der Waals surface area contributed by atoms with Gasteiger partial charge in [-0.15, -0.1) is 0 Å². The fourth-order valence-corrected chi connectivity index (χ4v) is 3.44. The maximum Gasteiger partial charge on any atom is 0.255 e. The Labute approximate surface area is 179 Å². The van der Waals surface area contributed by atoms with E-state index >= 15 is 0 Å². The molecule has 0 atom stereocenters. The second-order valence-electron chi connectivity index (χ2n) is 7.42. The minimum Gasteiger partial charge on any atom is -0.488 e. The lowest BCUT2D eigenvalue weighted by molar-refractivity contribution is 0.0950. The number of aromatic nitrogens is 1. The second kappa shape index (κ2) is 9.00. The number of fused-ring (bicyclic) bond motifs is 1. The number of ether oxygens (including phenoxy) is 1. The van der Waals surface area contributed by atoms with Crippen LogP contribution in [0.2, 0.25) is 0 Å². The van der Waals surface area contributed by atoms with Crippen molar-refractivity contribution in [3.05, 3.63) is 94.6 Å². The highest BCUT2D eigenvalue weighted by Gasteiger charge is 2.16. The van der Waals surface area contributed by atoms with Crippen LogP contribution in [0.4, 0.5) is 4.39 Å². The molecule has 0 bridgehead atoms. The molecule has 158 valence electrons. The van der Waals surface area contributed by atoms with Gasteiger partial charge in [-0.3, -0.25) is 4.79 Å². The number of nitrogens with zero attached hydrogens (tertiary/aromatic N) is 1. The molecule has 1 aromatic heterocycles. The molecule has 3 aromatic carbocycles. The van der Waals surface area contributed by atoms with Gasteiger partial charge in [-0.25, -0.2) is 4.39 Å². The molecule has 0 fully saturated rings. The lowest BCUT2D eigenvalue weighted by Crippen LogP contribution is -2.26. The van der Waals surface area contributed by atoms with Crippen molar-refractivity contribution < 1.29 is 18.4 Å². The van der Waals surface area contributed by atoms with E-state index in [1.807, 2.05) is 50.2 Å². The van der Waals surface area contributed by atoms with E-state index in [0.29, 0.717) is 30.0 Å². The molecule has 1 N–H and O–H groups in total. The van der Waals surface area contributed by atoms with E-state index in [0.717, 1.165) is 27.6 Å². The van der Waals surface area contributed by atoms with Crippen LogP contribution >= 0.6 is 0 Å². The van der Waals surface area contributed by atoms with Crippen LogP contribution < -0.4 is 10.1 Å². The van der Waals surface area contributed by atoms with Crippen molar-refractivity contribution in [3.63, 3.8) is 0 Å². The third-order valence-corrected chi connectivity index (χ3v) is 5.26. The Bertz CT molecular complexity index is 1200. The molecule has 4 rings (SSSR count). The SMILES string of the molecule is Cc1noc(C)c1COc1cc2ccccc2cc1C(=O)NCCc1ccc(F)cc1. The first-order chi connectivity index (χ1) is 15.0. The molecule has 0 saturated carbocycles. The topological polar surface area (TPSA) is 64.4 Å². The van der Waals surface area contributed by atoms with E-state index in [4.69, 9.17) is 9.26 Å². The van der Waals surface area contributed by atoms with Gasteiger partial charge in [-0.2, -0.15) is 0 Å². The number of aryl methyl sites for hydroxylation is 2. The molecule has 0 aliphatic heterocycles. The molecule has 5 nitrogen and oxygen atoms in total. The monoisotopic (exact) mass is 418 g/mol. The van der Waals surface area contributed by atoms with E-state index in [1.54, 1.807) is 12.1 Å². The number of rotatable bonds is 7. The number of amides is 1. The van der Waals surface area contributed by atoms with E-state index in [-0.39, 0.29) is 18.3 Å². The number of carbonyl (C=O) groups excluding carboxylic acids is 1. The van der Waals surface area contributed by atoms with E-state index in [1.165, 1.54) is 12.1 Å². The summed E-state index contributed by atoms with van der Waals surface area (Å²) in [4.78, 5) is 13.0. The van der Waals surface area contributed by atoms with E-state index in [2.05, 4.69) is 10.5 Å². The molecule has 1 heterocycles. The summed E-state index contributed by atoms with van der Waals surface area (Å²) < 4.78 is 24.3. The predicted molar refractivity (Wildman–Crippen MR) is 117 cm³/mol. The Hall–Kier alpha value is -3.67. The standard InChI is InChI=1S/C25H23FN2O3/c1-16-23(17(2)31-28-16)15-30-24-14-20-6-4-3-5-19(20)13-22(24)25(29)27-12-11-18-7-9-21(26)10-8-18/h3-10,13-14H,11-12,15H2,1-2H3,(H,27,29). The van der Waals surface area contributed by atoms with Crippen molar-refractivity contribution in [1.82, 2.24) is 10.5 Å². The first kappa shape index (κ1) is 20.6. The van der Waals surface area contributed by atoms with Crippen molar-refractivity contribution in [3.8, 4) is 5.75 Å². The lowest BCUT2D eigenvalue weighted by atomic mass is 10.0. The van der Waals surface area contributed by atoms with Crippen LogP contribution in [-0.2, 0) is 13.0 Å². The van der Waals surface area contributed by atoms with E-state index in [9.17, 15) is 9.18 Å². The number of hydrogen-bond donors (Lipinski definition) is 1. The second-order valence-corrected chi connectivity index (χ2v) is 7.42. The maximum atomic E-state index is 13.1. The van der Waals surface area contributed by atoms with Gasteiger partial charge in [0.2, 0.25) is 0 Å². The van der Waals surface area contributed by atoms with Crippen LogP contribution in [0.3, 0.4) is 0 Å². The molecule has 0 spiro atoms. The van der Waals surface area contributed by atoms with Crippen LogP contribution in [-0.4, -0.2) is 17.6 Å². The number of carbonyl (C=O) groups is 1. The highest BCUT2D eigenvalue weighted by atomic mass is 19.1. The van der Waals surface area contributed by atoms with Gasteiger partial charge in [-0.1, -0.05) is 41.6 Å². The summed E-state index contributed by atoms with van der Waals surface area (Å²) in [5, 5.41) is 8.83. The Morgan fingerprint density at radius 3 is 2.45 bits per heavy atom. The smallest absolute Gasteiger partial charge is 0.255 e. The molecule has 0 saturated heterocycles. The Balaban J connectivity index is 1.53. The summed E-state index contributed by atoms with van der Waals surface area (Å²) in [6.45, 7) is 4.39. The van der Waals surface area contributed by atoms with Crippen molar-refractivity contribution in [1.29, 1.82) is 0 Å². The van der Waals surface area contributed by atoms with Gasteiger partial charge in [0.25, 0.3) is 5.91 Å². The molecule has 0 unspecified atom stereocenters. The number of halogens is 1. The molecule has 4 aromatic rings. The maximum absolute atomic E-state index is 13.1. The van der Waals surface area contributed by atoms with Gasteiger partial charge in [-0.05, 0) is 60.9 Å². The van der Waals surface area contributed by atoms with Gasteiger partial charge >= 0.3 is 0 Å². The fraction of sp³-hybridized carbons (Fsp3) is 0.200. The summed E-state index contributed by atoms with van der Waals surface area (Å²) in [6.07, 6.45) is 0.606. The van der Waals surface area contributed by atoms with Crippen LogP contribution in [0.15, 0.2) is 65.2 Å². The molecule has 0 radical (unpaired) electrons. The van der Waals surface area contributed by atoms with Gasteiger partial charge in [0.1, 0.15) is 23.9 Å². The van der Waals surface area contributed by atoms with Gasteiger partial charge in [0, 0.05) is 6.54 Å². The molecular weight excluding hydrogens is 395 g/mol. The van der Waals surface area contributed by atoms with Crippen molar-refractivity contribution in [2.45, 2.75) is 26.9 Å². The molecule has 1 amide bonds. The lowest BCUT2D eigenvalue weighted by Gasteiger charge is -2.13. The fourth-order valence-electron chi connectivity index (χ4n) is 3.44. The number of benzene rings is 3. The van der Waals surface area contributed by atoms with Crippen LogP contribution in [0, 0.1) is 19.7 Å². The van der Waals surface area contributed by atoms with Crippen LogP contribution in [0.25, 0.3) is 10.8 Å². The van der Waals surface area contributed by atoms with Crippen molar-refractivity contribution in [2.75, 3.05) is 6.54 Å². The van der Waals surface area contributed by atoms with Gasteiger partial charge in [0.15, 0.2) is 0 Å². The first-order valence-corrected chi connectivity index (χ1v) is 10.1. The molecule has 31 heavy (non-hydrogen) atoms. The number of hydrogen-bond acceptors (Lipinski definition) is 4. The van der Waals surface area contributed by atoms with Crippen LogP contribution in [0.5, 0.6) is 5.75 Å². The largest absolute Gasteiger partial charge is 0.488 e. The average Bonchev–Trinajstić information content (AvgIpc) is 3.10. The minimum absolute atomic E-state index is 0.221. The third-order valence-electron chi connectivity index (χ3n) is 5.26. The zero-order chi connectivity index (χ0) is 21.8. The first-order valence-electron chi connectivity index (χ1n) is 10.1. The van der Waals surface area contributed by atoms with Crippen LogP contribution in [0.1, 0.15) is 32.9 Å². The molecule has 0 aliphatic rings. The summed E-state index contributed by atoms with van der Waals surface area (Å²) in [6, 6.07) is 17.8. The molecule has 6 heteroatoms. The third kappa shape index (κ3) is 4.74. The molecular formula is C25H23FN2O3. The zero-order valence-electron chi connectivity index (χ0n) is 17.4. The Kier molecular flexibility index (Phi) is 5.98. The van der Waals surface area contributed by atoms with Crippen molar-refractivity contribution >= 4 is 16.7 Å². The quantitative estimate of drug-likeness (QED) is 0.452. The minimum atomic E-state index is -0.274.